The molecule has 9 nitrogen and oxygen atoms in total. The summed E-state index contributed by atoms with van der Waals surface area (Å²) in [5.41, 5.74) is -3.63. The minimum absolute atomic E-state index is 0.277. The first-order valence-corrected chi connectivity index (χ1v) is 11.4. The number of nitrogens with one attached hydrogen (secondary N) is 1. The molecular weight excluding hydrogens is 485 g/mol. The van der Waals surface area contributed by atoms with Crippen molar-refractivity contribution in [1.82, 2.24) is 5.32 Å². The molecule has 1 aromatic rings. The van der Waals surface area contributed by atoms with Crippen LogP contribution in [0.4, 0.5) is 18.9 Å². The number of ether oxygens (including phenoxy) is 2. The number of amides is 1. The fourth-order valence-electron chi connectivity index (χ4n) is 3.13. The lowest BCUT2D eigenvalue weighted by atomic mass is 10.1. The molecule has 0 spiro atoms. The number of rotatable bonds is 11. The predicted octanol–water partition coefficient (Wildman–Crippen LogP) is 2.46. The van der Waals surface area contributed by atoms with E-state index in [1.54, 1.807) is 41.5 Å². The Morgan fingerprint density at radius 2 is 1.47 bits per heavy atom. The topological polar surface area (TPSA) is 125 Å². The molecular formula is C24H35F3N2O7. The van der Waals surface area contributed by atoms with Crippen LogP contribution in [0.1, 0.15) is 64.7 Å². The standard InChI is InChI=1S/C24H35F3N2O7/c1-23(2,3)35-17(32)8-7-16(22(34)36-24(4,5)6)28-21(33)14-13-15(25)20(19(27)18(14)26)29(9-11-30)10-12-31/h13,16,30-31H,7-12H2,1-6H3,(H,28,33)/t16-/m0/s1. The van der Waals surface area contributed by atoms with Crippen LogP contribution in [-0.2, 0) is 19.1 Å². The molecule has 12 heteroatoms. The third kappa shape index (κ3) is 9.65. The second kappa shape index (κ2) is 12.9. The molecule has 204 valence electrons. The molecule has 1 aromatic carbocycles. The van der Waals surface area contributed by atoms with Crippen molar-refractivity contribution in [2.75, 3.05) is 31.2 Å². The van der Waals surface area contributed by atoms with E-state index in [1.165, 1.54) is 0 Å². The van der Waals surface area contributed by atoms with Crippen molar-refractivity contribution in [3.63, 3.8) is 0 Å². The van der Waals surface area contributed by atoms with Crippen LogP contribution in [0, 0.1) is 17.5 Å². The van der Waals surface area contributed by atoms with Crippen molar-refractivity contribution in [2.45, 2.75) is 71.6 Å². The lowest BCUT2D eigenvalue weighted by Crippen LogP contribution is -2.45. The summed E-state index contributed by atoms with van der Waals surface area (Å²) in [5.74, 6) is -7.62. The average molecular weight is 521 g/mol. The van der Waals surface area contributed by atoms with Crippen molar-refractivity contribution in [3.05, 3.63) is 29.1 Å². The predicted molar refractivity (Wildman–Crippen MR) is 125 cm³/mol. The van der Waals surface area contributed by atoms with Crippen molar-refractivity contribution < 1.29 is 47.2 Å². The van der Waals surface area contributed by atoms with Gasteiger partial charge in [0.25, 0.3) is 5.91 Å². The minimum atomic E-state index is -1.70. The number of hydrogen-bond acceptors (Lipinski definition) is 8. The van der Waals surface area contributed by atoms with Crippen LogP contribution in [0.15, 0.2) is 6.07 Å². The Morgan fingerprint density at radius 1 is 0.944 bits per heavy atom. The molecule has 3 N–H and O–H groups in total. The third-order valence-corrected chi connectivity index (χ3v) is 4.49. The van der Waals surface area contributed by atoms with E-state index >= 15 is 0 Å². The number of hydrogen-bond donors (Lipinski definition) is 3. The maximum atomic E-state index is 14.8. The minimum Gasteiger partial charge on any atom is -0.460 e. The van der Waals surface area contributed by atoms with Gasteiger partial charge in [0.2, 0.25) is 0 Å². The van der Waals surface area contributed by atoms with E-state index in [0.29, 0.717) is 6.07 Å². The number of nitrogens with zero attached hydrogens (tertiary/aromatic N) is 1. The lowest BCUT2D eigenvalue weighted by Gasteiger charge is -2.26. The van der Waals surface area contributed by atoms with E-state index in [-0.39, 0.29) is 25.9 Å². The molecule has 36 heavy (non-hydrogen) atoms. The first-order valence-electron chi connectivity index (χ1n) is 11.4. The normalized spacial score (nSPS) is 12.6. The number of aliphatic hydroxyl groups is 2. The Morgan fingerprint density at radius 3 is 1.94 bits per heavy atom. The maximum absolute atomic E-state index is 14.8. The average Bonchev–Trinajstić information content (AvgIpc) is 2.71. The Hall–Kier alpha value is -2.86. The summed E-state index contributed by atoms with van der Waals surface area (Å²) < 4.78 is 54.7. The molecule has 0 saturated carbocycles. The zero-order valence-corrected chi connectivity index (χ0v) is 21.4. The smallest absolute Gasteiger partial charge is 0.329 e. The third-order valence-electron chi connectivity index (χ3n) is 4.49. The summed E-state index contributed by atoms with van der Waals surface area (Å²) in [7, 11) is 0. The first-order chi connectivity index (χ1) is 16.5. The first kappa shape index (κ1) is 31.2. The lowest BCUT2D eigenvalue weighted by molar-refractivity contribution is -0.158. The molecule has 0 aliphatic rings. The summed E-state index contributed by atoms with van der Waals surface area (Å²) in [6.45, 7) is 8.01. The quantitative estimate of drug-likeness (QED) is 0.300. The summed E-state index contributed by atoms with van der Waals surface area (Å²) in [6.07, 6.45) is -0.579. The van der Waals surface area contributed by atoms with Crippen LogP contribution in [0.2, 0.25) is 0 Å². The van der Waals surface area contributed by atoms with E-state index in [2.05, 4.69) is 5.32 Å². The summed E-state index contributed by atoms with van der Waals surface area (Å²) >= 11 is 0. The van der Waals surface area contributed by atoms with Crippen LogP contribution in [0.5, 0.6) is 0 Å². The molecule has 0 fully saturated rings. The monoisotopic (exact) mass is 520 g/mol. The second-order valence-electron chi connectivity index (χ2n) is 10.0. The molecule has 1 rings (SSSR count). The van der Waals surface area contributed by atoms with Crippen molar-refractivity contribution >= 4 is 23.5 Å². The van der Waals surface area contributed by atoms with Gasteiger partial charge >= 0.3 is 11.9 Å². The van der Waals surface area contributed by atoms with Gasteiger partial charge in [0.1, 0.15) is 22.9 Å². The van der Waals surface area contributed by atoms with Gasteiger partial charge in [-0.15, -0.1) is 0 Å². The maximum Gasteiger partial charge on any atom is 0.329 e. The highest BCUT2D eigenvalue weighted by atomic mass is 19.2. The van der Waals surface area contributed by atoms with Gasteiger partial charge in [0.05, 0.1) is 18.8 Å². The van der Waals surface area contributed by atoms with Crippen LogP contribution in [0.25, 0.3) is 0 Å². The zero-order valence-electron chi connectivity index (χ0n) is 21.4. The Bertz CT molecular complexity index is 937. The highest BCUT2D eigenvalue weighted by Gasteiger charge is 2.31. The zero-order chi connectivity index (χ0) is 27.8. The summed E-state index contributed by atoms with van der Waals surface area (Å²) in [6, 6.07) is -1.00. The molecule has 0 aliphatic carbocycles. The fourth-order valence-corrected chi connectivity index (χ4v) is 3.13. The highest BCUT2D eigenvalue weighted by Crippen LogP contribution is 2.28. The van der Waals surface area contributed by atoms with Crippen LogP contribution in [0.3, 0.4) is 0 Å². The summed E-state index contributed by atoms with van der Waals surface area (Å²) in [4.78, 5) is 38.4. The van der Waals surface area contributed by atoms with Gasteiger partial charge in [0.15, 0.2) is 17.5 Å². The van der Waals surface area contributed by atoms with Crippen LogP contribution < -0.4 is 10.2 Å². The largest absolute Gasteiger partial charge is 0.460 e. The van der Waals surface area contributed by atoms with Gasteiger partial charge in [-0.1, -0.05) is 0 Å². The number of carbonyl (C=O) groups is 3. The number of esters is 2. The molecule has 1 amide bonds. The number of anilines is 1. The molecule has 0 aromatic heterocycles. The molecule has 0 radical (unpaired) electrons. The van der Waals surface area contributed by atoms with Gasteiger partial charge in [-0.3, -0.25) is 9.59 Å². The van der Waals surface area contributed by atoms with E-state index in [1.807, 2.05) is 0 Å². The SMILES string of the molecule is CC(C)(C)OC(=O)CC[C@H](NC(=O)c1cc(F)c(N(CCO)CCO)c(F)c1F)C(=O)OC(C)(C)C. The number of halogens is 3. The molecule has 0 bridgehead atoms. The molecule has 0 aliphatic heterocycles. The number of carbonyl (C=O) groups excluding carboxylic acids is 3. The number of benzene rings is 1. The summed E-state index contributed by atoms with van der Waals surface area (Å²) in [5, 5.41) is 20.4. The van der Waals surface area contributed by atoms with E-state index in [4.69, 9.17) is 19.7 Å². The van der Waals surface area contributed by atoms with Gasteiger partial charge in [-0.05, 0) is 54.0 Å². The van der Waals surface area contributed by atoms with Crippen molar-refractivity contribution in [3.8, 4) is 0 Å². The molecule has 0 unspecified atom stereocenters. The highest BCUT2D eigenvalue weighted by molar-refractivity contribution is 5.97. The molecule has 0 saturated heterocycles. The Kier molecular flexibility index (Phi) is 11.2. The molecule has 0 heterocycles. The van der Waals surface area contributed by atoms with Gasteiger partial charge in [-0.25, -0.2) is 18.0 Å². The van der Waals surface area contributed by atoms with Gasteiger partial charge < -0.3 is 29.9 Å². The van der Waals surface area contributed by atoms with Gasteiger partial charge in [-0.2, -0.15) is 0 Å². The van der Waals surface area contributed by atoms with E-state index in [0.717, 1.165) is 4.90 Å². The van der Waals surface area contributed by atoms with E-state index in [9.17, 15) is 27.6 Å². The van der Waals surface area contributed by atoms with Crippen LogP contribution >= 0.6 is 0 Å². The van der Waals surface area contributed by atoms with Gasteiger partial charge in [0, 0.05) is 19.5 Å². The van der Waals surface area contributed by atoms with E-state index < -0.39 is 77.0 Å². The Balaban J connectivity index is 3.24. The van der Waals surface area contributed by atoms with Crippen molar-refractivity contribution in [2.24, 2.45) is 0 Å². The van der Waals surface area contributed by atoms with Crippen LogP contribution in [-0.4, -0.2) is 71.6 Å². The molecule has 1 atom stereocenters. The second-order valence-corrected chi connectivity index (χ2v) is 10.0. The number of aliphatic hydroxyl groups excluding tert-OH is 2. The van der Waals surface area contributed by atoms with Crippen molar-refractivity contribution in [1.29, 1.82) is 0 Å². The Labute approximate surface area is 208 Å². The fraction of sp³-hybridized carbons (Fsp3) is 0.625.